The van der Waals surface area contributed by atoms with Crippen LogP contribution in [-0.4, -0.2) is 56.2 Å². The van der Waals surface area contributed by atoms with Crippen molar-refractivity contribution in [2.45, 2.75) is 27.1 Å². The van der Waals surface area contributed by atoms with Gasteiger partial charge in [0.05, 0.1) is 19.5 Å². The van der Waals surface area contributed by atoms with E-state index in [1.54, 1.807) is 6.26 Å². The normalized spacial score (nSPS) is 15.1. The van der Waals surface area contributed by atoms with Crippen molar-refractivity contribution in [1.29, 1.82) is 0 Å². The summed E-state index contributed by atoms with van der Waals surface area (Å²) in [6, 6.07) is 14.0. The van der Waals surface area contributed by atoms with Crippen LogP contribution in [0.2, 0.25) is 0 Å². The monoisotopic (exact) mass is 425 g/mol. The lowest BCUT2D eigenvalue weighted by molar-refractivity contribution is -0.136. The molecule has 0 aliphatic carbocycles. The Kier molecular flexibility index (Phi) is 6.15. The lowest BCUT2D eigenvalue weighted by Gasteiger charge is -2.35. The molecule has 30 heavy (non-hydrogen) atoms. The van der Waals surface area contributed by atoms with Gasteiger partial charge in [0.25, 0.3) is 0 Å². The number of hydrogen-bond acceptors (Lipinski definition) is 5. The van der Waals surface area contributed by atoms with Crippen molar-refractivity contribution in [3.05, 3.63) is 59.1 Å². The van der Waals surface area contributed by atoms with E-state index in [4.69, 9.17) is 21.7 Å². The summed E-state index contributed by atoms with van der Waals surface area (Å²) in [4.78, 5) is 16.5. The van der Waals surface area contributed by atoms with Gasteiger partial charge in [-0.15, -0.1) is 5.10 Å². The van der Waals surface area contributed by atoms with Crippen molar-refractivity contribution in [2.75, 3.05) is 26.2 Å². The summed E-state index contributed by atoms with van der Waals surface area (Å²) >= 11 is 5.78. The van der Waals surface area contributed by atoms with E-state index in [0.717, 1.165) is 37.6 Å². The maximum atomic E-state index is 12.2. The first-order valence-corrected chi connectivity index (χ1v) is 10.7. The van der Waals surface area contributed by atoms with Crippen LogP contribution in [0.15, 0.2) is 53.1 Å². The van der Waals surface area contributed by atoms with Gasteiger partial charge < -0.3 is 9.32 Å². The molecule has 0 atom stereocenters. The molecule has 3 aromatic rings. The van der Waals surface area contributed by atoms with Gasteiger partial charge in [0.2, 0.25) is 5.91 Å². The first kappa shape index (κ1) is 20.6. The third kappa shape index (κ3) is 4.39. The highest BCUT2D eigenvalue weighted by Gasteiger charge is 2.24. The van der Waals surface area contributed by atoms with E-state index in [1.807, 2.05) is 58.3 Å². The molecule has 7 nitrogen and oxygen atoms in total. The third-order valence-electron chi connectivity index (χ3n) is 5.36. The molecule has 3 heterocycles. The number of carbonyl (C=O) groups is 1. The Morgan fingerprint density at radius 3 is 2.47 bits per heavy atom. The number of benzene rings is 1. The highest BCUT2D eigenvalue weighted by atomic mass is 32.1. The molecule has 0 N–H and O–H groups in total. The Morgan fingerprint density at radius 1 is 1.10 bits per heavy atom. The van der Waals surface area contributed by atoms with E-state index in [9.17, 15) is 4.79 Å². The second-order valence-electron chi connectivity index (χ2n) is 7.89. The zero-order valence-corrected chi connectivity index (χ0v) is 18.2. The van der Waals surface area contributed by atoms with Crippen molar-refractivity contribution in [1.82, 2.24) is 24.1 Å². The molecule has 1 aliphatic rings. The third-order valence-corrected chi connectivity index (χ3v) is 5.79. The minimum atomic E-state index is 0.0368. The van der Waals surface area contributed by atoms with E-state index in [-0.39, 0.29) is 11.8 Å². The molecule has 1 saturated heterocycles. The minimum absolute atomic E-state index is 0.0368. The standard InChI is InChI=1S/C22H27N5O2S/c1-17(2)21(28)25-12-10-24(11-13-25)16-27-22(30)26(15-18-7-4-3-5-8-18)20(23-27)19-9-6-14-29-19/h3-9,14,17H,10-13,15-16H2,1-2H3. The highest BCUT2D eigenvalue weighted by Crippen LogP contribution is 2.21. The molecular formula is C22H27N5O2S. The van der Waals surface area contributed by atoms with E-state index in [2.05, 4.69) is 17.0 Å². The number of carbonyl (C=O) groups excluding carboxylic acids is 1. The number of piperazine rings is 1. The molecule has 0 spiro atoms. The molecule has 0 saturated carbocycles. The Labute approximate surface area is 181 Å². The summed E-state index contributed by atoms with van der Waals surface area (Å²) in [6.45, 7) is 8.21. The number of rotatable bonds is 6. The number of aromatic nitrogens is 3. The summed E-state index contributed by atoms with van der Waals surface area (Å²) in [7, 11) is 0. The molecule has 0 unspecified atom stereocenters. The van der Waals surface area contributed by atoms with Gasteiger partial charge in [-0.25, -0.2) is 4.68 Å². The second kappa shape index (κ2) is 8.97. The minimum Gasteiger partial charge on any atom is -0.461 e. The van der Waals surface area contributed by atoms with Gasteiger partial charge in [0, 0.05) is 32.1 Å². The SMILES string of the molecule is CC(C)C(=O)N1CCN(Cn2nc(-c3ccco3)n(Cc3ccccc3)c2=S)CC1. The van der Waals surface area contributed by atoms with E-state index < -0.39 is 0 Å². The van der Waals surface area contributed by atoms with Crippen molar-refractivity contribution in [3.63, 3.8) is 0 Å². The molecule has 1 amide bonds. The predicted octanol–water partition coefficient (Wildman–Crippen LogP) is 3.48. The van der Waals surface area contributed by atoms with Crippen LogP contribution in [0.1, 0.15) is 19.4 Å². The molecule has 1 aromatic carbocycles. The van der Waals surface area contributed by atoms with Gasteiger partial charge >= 0.3 is 0 Å². The predicted molar refractivity (Wildman–Crippen MR) is 117 cm³/mol. The second-order valence-corrected chi connectivity index (χ2v) is 8.26. The van der Waals surface area contributed by atoms with Gasteiger partial charge in [-0.2, -0.15) is 0 Å². The molecule has 2 aromatic heterocycles. The topological polar surface area (TPSA) is 59.4 Å². The zero-order valence-electron chi connectivity index (χ0n) is 17.4. The van der Waals surface area contributed by atoms with Crippen molar-refractivity contribution in [3.8, 4) is 11.6 Å². The summed E-state index contributed by atoms with van der Waals surface area (Å²) in [5, 5.41) is 4.78. The molecule has 0 bridgehead atoms. The molecule has 4 rings (SSSR count). The van der Waals surface area contributed by atoms with Crippen LogP contribution in [0, 0.1) is 10.7 Å². The molecule has 1 fully saturated rings. The maximum Gasteiger partial charge on any atom is 0.225 e. The van der Waals surface area contributed by atoms with Gasteiger partial charge in [-0.1, -0.05) is 44.2 Å². The van der Waals surface area contributed by atoms with Gasteiger partial charge in [0.15, 0.2) is 16.4 Å². The van der Waals surface area contributed by atoms with Crippen LogP contribution in [0.4, 0.5) is 0 Å². The van der Waals surface area contributed by atoms with Crippen LogP contribution in [0.3, 0.4) is 0 Å². The number of amides is 1. The fourth-order valence-electron chi connectivity index (χ4n) is 3.69. The maximum absolute atomic E-state index is 12.2. The van der Waals surface area contributed by atoms with Crippen LogP contribution in [0.25, 0.3) is 11.6 Å². The van der Waals surface area contributed by atoms with Gasteiger partial charge in [0.1, 0.15) is 0 Å². The highest BCUT2D eigenvalue weighted by molar-refractivity contribution is 7.71. The van der Waals surface area contributed by atoms with Crippen LogP contribution in [-0.2, 0) is 18.0 Å². The van der Waals surface area contributed by atoms with Crippen molar-refractivity contribution in [2.24, 2.45) is 5.92 Å². The average molecular weight is 426 g/mol. The average Bonchev–Trinajstić information content (AvgIpc) is 3.39. The fraction of sp³-hybridized carbons (Fsp3) is 0.409. The van der Waals surface area contributed by atoms with E-state index in [0.29, 0.717) is 23.7 Å². The number of nitrogens with zero attached hydrogens (tertiary/aromatic N) is 5. The van der Waals surface area contributed by atoms with Gasteiger partial charge in [-0.05, 0) is 29.9 Å². The van der Waals surface area contributed by atoms with Crippen molar-refractivity contribution >= 4 is 18.1 Å². The first-order valence-electron chi connectivity index (χ1n) is 10.3. The smallest absolute Gasteiger partial charge is 0.225 e. The number of hydrogen-bond donors (Lipinski definition) is 0. The van der Waals surface area contributed by atoms with E-state index >= 15 is 0 Å². The zero-order chi connectivity index (χ0) is 21.1. The van der Waals surface area contributed by atoms with Crippen LogP contribution in [0.5, 0.6) is 0 Å². The lowest BCUT2D eigenvalue weighted by atomic mass is 10.1. The quantitative estimate of drug-likeness (QED) is 0.566. The van der Waals surface area contributed by atoms with Crippen LogP contribution >= 0.6 is 12.2 Å². The first-order chi connectivity index (χ1) is 14.5. The summed E-state index contributed by atoms with van der Waals surface area (Å²) in [5.41, 5.74) is 1.15. The largest absolute Gasteiger partial charge is 0.461 e. The Morgan fingerprint density at radius 2 is 1.83 bits per heavy atom. The van der Waals surface area contributed by atoms with Gasteiger partial charge in [-0.3, -0.25) is 14.3 Å². The molecule has 158 valence electrons. The summed E-state index contributed by atoms with van der Waals surface area (Å²) in [6.07, 6.45) is 1.65. The molecular weight excluding hydrogens is 398 g/mol. The van der Waals surface area contributed by atoms with Crippen molar-refractivity contribution < 1.29 is 9.21 Å². The fourth-order valence-corrected chi connectivity index (χ4v) is 3.94. The molecule has 8 heteroatoms. The molecule has 1 aliphatic heterocycles. The Hall–Kier alpha value is -2.71. The Balaban J connectivity index is 1.54. The summed E-state index contributed by atoms with van der Waals surface area (Å²) in [5.74, 6) is 1.68. The number of furan rings is 1. The lowest BCUT2D eigenvalue weighted by Crippen LogP contribution is -2.50. The molecule has 0 radical (unpaired) electrons. The van der Waals surface area contributed by atoms with Crippen LogP contribution < -0.4 is 0 Å². The Bertz CT molecular complexity index is 1030. The summed E-state index contributed by atoms with van der Waals surface area (Å²) < 4.78 is 10.1. The van der Waals surface area contributed by atoms with E-state index in [1.165, 1.54) is 0 Å².